The van der Waals surface area contributed by atoms with E-state index in [-0.39, 0.29) is 11.5 Å². The minimum Gasteiger partial charge on any atom is -0.506 e. The number of carbonyl (C=O) groups excluding carboxylic acids is 1. The highest BCUT2D eigenvalue weighted by molar-refractivity contribution is 7.17. The summed E-state index contributed by atoms with van der Waals surface area (Å²) < 4.78 is 0. The molecule has 33 heavy (non-hydrogen) atoms. The molecule has 0 bridgehead atoms. The summed E-state index contributed by atoms with van der Waals surface area (Å²) in [7, 11) is 0. The lowest BCUT2D eigenvalue weighted by Crippen LogP contribution is -1.85. The van der Waals surface area contributed by atoms with E-state index in [2.05, 4.69) is 30.1 Å². The molecule has 0 aliphatic carbocycles. The number of imidazole rings is 1. The molecule has 0 aliphatic heterocycles. The van der Waals surface area contributed by atoms with Crippen LogP contribution in [-0.4, -0.2) is 46.0 Å². The van der Waals surface area contributed by atoms with Crippen LogP contribution in [0.4, 0.5) is 0 Å². The summed E-state index contributed by atoms with van der Waals surface area (Å²) in [6.07, 6.45) is 6.46. The Bertz CT molecular complexity index is 1680. The maximum atomic E-state index is 11.7. The molecule has 6 aromatic heterocycles. The molecule has 0 amide bonds. The highest BCUT2D eigenvalue weighted by Crippen LogP contribution is 2.34. The topological polar surface area (TPSA) is 133 Å². The number of fused-ring (bicyclic) bond motifs is 2. The van der Waals surface area contributed by atoms with E-state index in [1.54, 1.807) is 37.6 Å². The van der Waals surface area contributed by atoms with Gasteiger partial charge >= 0.3 is 0 Å². The number of aromatic nitrogens is 7. The van der Waals surface area contributed by atoms with E-state index in [0.29, 0.717) is 33.3 Å². The number of pyridine rings is 3. The van der Waals surface area contributed by atoms with Crippen LogP contribution in [0.1, 0.15) is 16.6 Å². The summed E-state index contributed by atoms with van der Waals surface area (Å²) in [5.74, 6) is 0.676. The lowest BCUT2D eigenvalue weighted by atomic mass is 10.1. The Morgan fingerprint density at radius 3 is 2.73 bits per heavy atom. The second kappa shape index (κ2) is 7.31. The molecule has 0 radical (unpaired) electrons. The number of nitrogens with one attached hydrogen (secondary N) is 2. The molecular weight excluding hydrogens is 438 g/mol. The summed E-state index contributed by atoms with van der Waals surface area (Å²) in [6, 6.07) is 9.11. The monoisotopic (exact) mass is 453 g/mol. The van der Waals surface area contributed by atoms with Crippen LogP contribution in [0.3, 0.4) is 0 Å². The number of hydrogen-bond donors (Lipinski definition) is 3. The average Bonchev–Trinajstić information content (AvgIpc) is 3.55. The van der Waals surface area contributed by atoms with Crippen LogP contribution in [0.2, 0.25) is 0 Å². The van der Waals surface area contributed by atoms with E-state index in [0.717, 1.165) is 26.9 Å². The largest absolute Gasteiger partial charge is 0.506 e. The summed E-state index contributed by atoms with van der Waals surface area (Å²) in [4.78, 5) is 34.4. The lowest BCUT2D eigenvalue weighted by molar-refractivity contribution is 0.102. The standard InChI is InChI=1S/C23H15N7O2S/c1-11(31)17-2-3-18(33-17)21-20-16(4-5-25-21)27-23(28-20)19-15-7-13(9-26-22(15)30-29-19)12-6-14(32)10-24-8-12/h2-10,32H,1H3,(H,27,28)(H,26,29,30). The predicted molar refractivity (Wildman–Crippen MR) is 125 cm³/mol. The number of hydrogen-bond acceptors (Lipinski definition) is 8. The first kappa shape index (κ1) is 19.3. The van der Waals surface area contributed by atoms with Crippen molar-refractivity contribution >= 4 is 39.2 Å². The minimum absolute atomic E-state index is 0.0226. The fourth-order valence-corrected chi connectivity index (χ4v) is 4.61. The Hall–Kier alpha value is -4.44. The third-order valence-electron chi connectivity index (χ3n) is 5.29. The van der Waals surface area contributed by atoms with Gasteiger partial charge in [-0.15, -0.1) is 11.3 Å². The van der Waals surface area contributed by atoms with Crippen molar-refractivity contribution in [3.63, 3.8) is 0 Å². The summed E-state index contributed by atoms with van der Waals surface area (Å²) in [5, 5.41) is 17.9. The zero-order valence-corrected chi connectivity index (χ0v) is 18.0. The van der Waals surface area contributed by atoms with Crippen LogP contribution in [0.15, 0.2) is 55.1 Å². The van der Waals surface area contributed by atoms with Crippen LogP contribution < -0.4 is 0 Å². The lowest BCUT2D eigenvalue weighted by Gasteiger charge is -2.02. The second-order valence-corrected chi connectivity index (χ2v) is 8.57. The van der Waals surface area contributed by atoms with Gasteiger partial charge in [-0.3, -0.25) is 19.9 Å². The van der Waals surface area contributed by atoms with Crippen molar-refractivity contribution in [2.45, 2.75) is 6.92 Å². The number of rotatable bonds is 4. The molecule has 6 aromatic rings. The van der Waals surface area contributed by atoms with Gasteiger partial charge < -0.3 is 10.1 Å². The molecule has 0 saturated carbocycles. The van der Waals surface area contributed by atoms with Crippen LogP contribution in [0.25, 0.3) is 55.3 Å². The molecule has 9 nitrogen and oxygen atoms in total. The third-order valence-corrected chi connectivity index (χ3v) is 6.48. The predicted octanol–water partition coefficient (Wildman–Crippen LogP) is 4.59. The first-order valence-electron chi connectivity index (χ1n) is 10.0. The van der Waals surface area contributed by atoms with E-state index >= 15 is 0 Å². The van der Waals surface area contributed by atoms with Crippen LogP contribution in [0.5, 0.6) is 5.75 Å². The Kier molecular flexibility index (Phi) is 4.27. The fourth-order valence-electron chi connectivity index (χ4n) is 3.71. The molecule has 0 aromatic carbocycles. The Morgan fingerprint density at radius 2 is 1.91 bits per heavy atom. The molecule has 10 heteroatoms. The molecule has 0 aliphatic rings. The molecule has 0 unspecified atom stereocenters. The number of thiophene rings is 1. The number of nitrogens with zero attached hydrogens (tertiary/aromatic N) is 5. The third kappa shape index (κ3) is 3.24. The van der Waals surface area contributed by atoms with Crippen molar-refractivity contribution in [2.24, 2.45) is 0 Å². The van der Waals surface area contributed by atoms with E-state index in [1.807, 2.05) is 18.2 Å². The molecule has 0 saturated heterocycles. The van der Waals surface area contributed by atoms with Crippen molar-refractivity contribution in [1.29, 1.82) is 0 Å². The van der Waals surface area contributed by atoms with Crippen molar-refractivity contribution in [2.75, 3.05) is 0 Å². The zero-order valence-electron chi connectivity index (χ0n) is 17.2. The van der Waals surface area contributed by atoms with Crippen molar-refractivity contribution in [1.82, 2.24) is 35.1 Å². The first-order chi connectivity index (χ1) is 16.1. The molecule has 3 N–H and O–H groups in total. The summed E-state index contributed by atoms with van der Waals surface area (Å²) in [6.45, 7) is 1.55. The van der Waals surface area contributed by atoms with Gasteiger partial charge in [0.1, 0.15) is 22.7 Å². The molecule has 0 spiro atoms. The fraction of sp³-hybridized carbons (Fsp3) is 0.0435. The van der Waals surface area contributed by atoms with Gasteiger partial charge in [0.05, 0.1) is 26.9 Å². The second-order valence-electron chi connectivity index (χ2n) is 7.49. The highest BCUT2D eigenvalue weighted by Gasteiger charge is 2.18. The van der Waals surface area contributed by atoms with Gasteiger partial charge in [0.2, 0.25) is 0 Å². The van der Waals surface area contributed by atoms with E-state index < -0.39 is 0 Å². The minimum atomic E-state index is 0.0226. The highest BCUT2D eigenvalue weighted by atomic mass is 32.1. The van der Waals surface area contributed by atoms with Crippen molar-refractivity contribution in [3.8, 4) is 39.0 Å². The van der Waals surface area contributed by atoms with Gasteiger partial charge in [0.25, 0.3) is 0 Å². The summed E-state index contributed by atoms with van der Waals surface area (Å²) >= 11 is 1.39. The molecule has 0 atom stereocenters. The Morgan fingerprint density at radius 1 is 1.03 bits per heavy atom. The molecule has 0 fully saturated rings. The maximum absolute atomic E-state index is 11.7. The number of Topliss-reactive ketones (excluding diaryl/α,β-unsaturated/α-hetero) is 1. The number of ketones is 1. The number of aromatic hydroxyl groups is 1. The van der Waals surface area contributed by atoms with Gasteiger partial charge in [0.15, 0.2) is 17.3 Å². The number of carbonyl (C=O) groups is 1. The summed E-state index contributed by atoms with van der Waals surface area (Å²) in [5.41, 5.74) is 4.98. The smallest absolute Gasteiger partial charge is 0.169 e. The van der Waals surface area contributed by atoms with Gasteiger partial charge in [-0.1, -0.05) is 0 Å². The number of aromatic amines is 2. The van der Waals surface area contributed by atoms with Crippen LogP contribution in [-0.2, 0) is 0 Å². The van der Waals surface area contributed by atoms with Gasteiger partial charge in [0, 0.05) is 29.7 Å². The molecular formula is C23H15N7O2S. The average molecular weight is 453 g/mol. The normalized spacial score (nSPS) is 11.4. The Balaban J connectivity index is 1.48. The molecule has 160 valence electrons. The van der Waals surface area contributed by atoms with Gasteiger partial charge in [-0.05, 0) is 37.3 Å². The van der Waals surface area contributed by atoms with E-state index in [9.17, 15) is 9.90 Å². The van der Waals surface area contributed by atoms with Gasteiger partial charge in [-0.2, -0.15) is 5.10 Å². The van der Waals surface area contributed by atoms with E-state index in [4.69, 9.17) is 4.98 Å². The maximum Gasteiger partial charge on any atom is 0.169 e. The van der Waals surface area contributed by atoms with Crippen molar-refractivity contribution in [3.05, 3.63) is 60.0 Å². The van der Waals surface area contributed by atoms with E-state index in [1.165, 1.54) is 17.5 Å². The Labute approximate surface area is 190 Å². The first-order valence-corrected chi connectivity index (χ1v) is 10.8. The number of H-pyrrole nitrogens is 2. The molecule has 6 rings (SSSR count). The molecule has 6 heterocycles. The SMILES string of the molecule is CC(=O)c1ccc(-c2nccc3[nH]c(-c4n[nH]c5ncc(-c6cncc(O)c6)cc45)nc23)s1. The quantitative estimate of drug-likeness (QED) is 0.332. The van der Waals surface area contributed by atoms with Crippen molar-refractivity contribution < 1.29 is 9.90 Å². The zero-order chi connectivity index (χ0) is 22.5. The van der Waals surface area contributed by atoms with Gasteiger partial charge in [-0.25, -0.2) is 9.97 Å². The van der Waals surface area contributed by atoms with Crippen LogP contribution >= 0.6 is 11.3 Å². The van der Waals surface area contributed by atoms with Crippen LogP contribution in [0, 0.1) is 0 Å².